The van der Waals surface area contributed by atoms with Crippen LogP contribution < -0.4 is 5.32 Å². The van der Waals surface area contributed by atoms with Crippen molar-refractivity contribution in [2.24, 2.45) is 11.8 Å². The number of carbonyl (C=O) groups excluding carboxylic acids is 1. The topological polar surface area (TPSA) is 29.1 Å². The normalized spacial score (nSPS) is 13.5. The predicted molar refractivity (Wildman–Crippen MR) is 121 cm³/mol. The van der Waals surface area contributed by atoms with Crippen molar-refractivity contribution in [2.45, 2.75) is 67.3 Å². The molecule has 0 saturated carbocycles. The molecule has 0 saturated heterocycles. The van der Waals surface area contributed by atoms with Crippen LogP contribution in [-0.2, 0) is 4.79 Å². The average molecular weight is 400 g/mol. The minimum absolute atomic E-state index is 0.00613. The van der Waals surface area contributed by atoms with Gasteiger partial charge in [0, 0.05) is 10.9 Å². The van der Waals surface area contributed by atoms with E-state index >= 15 is 0 Å². The number of benzene rings is 2. The molecule has 0 aromatic heterocycles. The molecular weight excluding hydrogens is 366 g/mol. The zero-order chi connectivity index (χ0) is 21.0. The third-order valence-electron chi connectivity index (χ3n) is 5.53. The molecular formula is C25H34ClNO. The highest BCUT2D eigenvalue weighted by atomic mass is 35.5. The van der Waals surface area contributed by atoms with Crippen molar-refractivity contribution in [3.63, 3.8) is 0 Å². The Bertz CT molecular complexity index is 820. The molecule has 0 aliphatic heterocycles. The molecule has 0 heterocycles. The van der Waals surface area contributed by atoms with Crippen molar-refractivity contribution in [3.05, 3.63) is 57.6 Å². The van der Waals surface area contributed by atoms with E-state index in [4.69, 9.17) is 11.6 Å². The Kier molecular flexibility index (Phi) is 7.71. The van der Waals surface area contributed by atoms with Crippen molar-refractivity contribution >= 4 is 17.5 Å². The van der Waals surface area contributed by atoms with Gasteiger partial charge in [-0.25, -0.2) is 0 Å². The van der Waals surface area contributed by atoms with E-state index in [1.807, 2.05) is 19.9 Å². The summed E-state index contributed by atoms with van der Waals surface area (Å²) in [4.78, 5) is 12.7. The van der Waals surface area contributed by atoms with Gasteiger partial charge >= 0.3 is 0 Å². The molecule has 0 aliphatic rings. The summed E-state index contributed by atoms with van der Waals surface area (Å²) in [5.41, 5.74) is 6.95. The van der Waals surface area contributed by atoms with E-state index < -0.39 is 0 Å². The molecule has 0 radical (unpaired) electrons. The number of hydrogen-bond acceptors (Lipinski definition) is 1. The summed E-state index contributed by atoms with van der Waals surface area (Å²) in [5, 5.41) is 4.01. The van der Waals surface area contributed by atoms with Gasteiger partial charge in [0.2, 0.25) is 5.91 Å². The van der Waals surface area contributed by atoms with E-state index in [-0.39, 0.29) is 17.9 Å². The molecule has 28 heavy (non-hydrogen) atoms. The van der Waals surface area contributed by atoms with Gasteiger partial charge in [-0.15, -0.1) is 0 Å². The van der Waals surface area contributed by atoms with Crippen molar-refractivity contribution in [3.8, 4) is 11.1 Å². The Morgan fingerprint density at radius 2 is 1.68 bits per heavy atom. The second-order valence-electron chi connectivity index (χ2n) is 8.44. The summed E-state index contributed by atoms with van der Waals surface area (Å²) in [5.74, 6) is 0.629. The molecule has 1 amide bonds. The van der Waals surface area contributed by atoms with Crippen LogP contribution in [0, 0.1) is 32.6 Å². The molecule has 3 heteroatoms. The first kappa shape index (κ1) is 22.5. The van der Waals surface area contributed by atoms with Gasteiger partial charge in [0.1, 0.15) is 0 Å². The average Bonchev–Trinajstić information content (AvgIpc) is 2.61. The highest BCUT2D eigenvalue weighted by Gasteiger charge is 2.22. The minimum Gasteiger partial charge on any atom is -0.349 e. The lowest BCUT2D eigenvalue weighted by Crippen LogP contribution is -2.33. The van der Waals surface area contributed by atoms with Crippen LogP contribution in [0.1, 0.15) is 68.8 Å². The lowest BCUT2D eigenvalue weighted by Gasteiger charge is -2.24. The van der Waals surface area contributed by atoms with Crippen molar-refractivity contribution in [1.82, 2.24) is 5.32 Å². The second kappa shape index (κ2) is 9.60. The van der Waals surface area contributed by atoms with Gasteiger partial charge in [0.05, 0.1) is 6.04 Å². The van der Waals surface area contributed by atoms with Gasteiger partial charge in [-0.3, -0.25) is 4.79 Å². The molecule has 2 aromatic carbocycles. The van der Waals surface area contributed by atoms with E-state index in [1.165, 1.54) is 16.7 Å². The van der Waals surface area contributed by atoms with Crippen molar-refractivity contribution in [1.29, 1.82) is 0 Å². The van der Waals surface area contributed by atoms with E-state index in [0.29, 0.717) is 5.92 Å². The number of rotatable bonds is 7. The number of hydrogen-bond donors (Lipinski definition) is 1. The van der Waals surface area contributed by atoms with E-state index in [2.05, 4.69) is 64.2 Å². The summed E-state index contributed by atoms with van der Waals surface area (Å²) in [6, 6.07) is 10.5. The Balaban J connectivity index is 2.43. The van der Waals surface area contributed by atoms with Crippen LogP contribution in [0.25, 0.3) is 11.1 Å². The standard InChI is InChI=1S/C25H34ClNO/c1-8-23(27-25(28)18(6)12-15(2)3)21-13-20(14-22(26)19(21)7)24-16(4)10-9-11-17(24)5/h9-11,13-15,18,23H,8,12H2,1-7H3,(H,27,28)/t18-,23?/m0/s1. The highest BCUT2D eigenvalue weighted by Crippen LogP contribution is 2.35. The molecule has 1 N–H and O–H groups in total. The molecule has 1 unspecified atom stereocenters. The molecule has 152 valence electrons. The monoisotopic (exact) mass is 399 g/mol. The molecule has 0 aliphatic carbocycles. The van der Waals surface area contributed by atoms with Crippen LogP contribution in [0.4, 0.5) is 0 Å². The number of halogens is 1. The molecule has 0 spiro atoms. The van der Waals surface area contributed by atoms with Crippen LogP contribution in [-0.4, -0.2) is 5.91 Å². The predicted octanol–water partition coefficient (Wildman–Crippen LogP) is 7.18. The fraction of sp³-hybridized carbons (Fsp3) is 0.480. The first-order valence-corrected chi connectivity index (χ1v) is 10.7. The van der Waals surface area contributed by atoms with Crippen LogP contribution in [0.2, 0.25) is 5.02 Å². The Hall–Kier alpha value is -1.80. The van der Waals surface area contributed by atoms with Crippen LogP contribution in [0.5, 0.6) is 0 Å². The Labute approximate surface area is 175 Å². The quantitative estimate of drug-likeness (QED) is 0.524. The molecule has 2 nitrogen and oxygen atoms in total. The Morgan fingerprint density at radius 3 is 2.21 bits per heavy atom. The minimum atomic E-state index is -0.0381. The highest BCUT2D eigenvalue weighted by molar-refractivity contribution is 6.31. The summed E-state index contributed by atoms with van der Waals surface area (Å²) in [6.45, 7) is 14.7. The zero-order valence-electron chi connectivity index (χ0n) is 18.3. The summed E-state index contributed by atoms with van der Waals surface area (Å²) in [6.07, 6.45) is 1.72. The van der Waals surface area contributed by atoms with Crippen LogP contribution in [0.3, 0.4) is 0 Å². The smallest absolute Gasteiger partial charge is 0.223 e. The van der Waals surface area contributed by atoms with E-state index in [0.717, 1.165) is 34.6 Å². The number of nitrogens with one attached hydrogen (secondary N) is 1. The number of aryl methyl sites for hydroxylation is 2. The van der Waals surface area contributed by atoms with Crippen molar-refractivity contribution in [2.75, 3.05) is 0 Å². The summed E-state index contributed by atoms with van der Waals surface area (Å²) < 4.78 is 0. The SMILES string of the molecule is CCC(NC(=O)[C@@H](C)CC(C)C)c1cc(-c2c(C)cccc2C)cc(Cl)c1C. The van der Waals surface area contributed by atoms with E-state index in [1.54, 1.807) is 0 Å². The number of carbonyl (C=O) groups is 1. The molecule has 2 rings (SSSR count). The molecule has 2 aromatic rings. The lowest BCUT2D eigenvalue weighted by molar-refractivity contribution is -0.125. The van der Waals surface area contributed by atoms with Gasteiger partial charge in [0.25, 0.3) is 0 Å². The largest absolute Gasteiger partial charge is 0.349 e. The first-order chi connectivity index (χ1) is 13.1. The molecule has 2 atom stereocenters. The summed E-state index contributed by atoms with van der Waals surface area (Å²) in [7, 11) is 0. The molecule has 0 bridgehead atoms. The lowest BCUT2D eigenvalue weighted by atomic mass is 9.90. The van der Waals surface area contributed by atoms with E-state index in [9.17, 15) is 4.79 Å². The van der Waals surface area contributed by atoms with Gasteiger partial charge < -0.3 is 5.32 Å². The number of amides is 1. The van der Waals surface area contributed by atoms with Crippen molar-refractivity contribution < 1.29 is 4.79 Å². The van der Waals surface area contributed by atoms with Gasteiger partial charge in [-0.2, -0.15) is 0 Å². The molecule has 0 fully saturated rings. The fourth-order valence-corrected chi connectivity index (χ4v) is 4.23. The first-order valence-electron chi connectivity index (χ1n) is 10.3. The summed E-state index contributed by atoms with van der Waals surface area (Å²) >= 11 is 6.63. The fourth-order valence-electron chi connectivity index (χ4n) is 4.00. The zero-order valence-corrected chi connectivity index (χ0v) is 19.1. The Morgan fingerprint density at radius 1 is 1.07 bits per heavy atom. The third kappa shape index (κ3) is 5.17. The maximum absolute atomic E-state index is 12.7. The third-order valence-corrected chi connectivity index (χ3v) is 5.92. The van der Waals surface area contributed by atoms with Gasteiger partial charge in [-0.1, -0.05) is 57.5 Å². The van der Waals surface area contributed by atoms with Crippen LogP contribution >= 0.6 is 11.6 Å². The second-order valence-corrected chi connectivity index (χ2v) is 8.85. The van der Waals surface area contributed by atoms with Gasteiger partial charge in [0.15, 0.2) is 0 Å². The van der Waals surface area contributed by atoms with Crippen LogP contribution in [0.15, 0.2) is 30.3 Å². The maximum Gasteiger partial charge on any atom is 0.223 e. The van der Waals surface area contributed by atoms with Gasteiger partial charge in [-0.05, 0) is 85.0 Å². The maximum atomic E-state index is 12.7.